The van der Waals surface area contributed by atoms with Crippen LogP contribution in [-0.4, -0.2) is 29.7 Å². The number of nitrogens with zero attached hydrogens (tertiary/aromatic N) is 1. The molecule has 0 radical (unpaired) electrons. The van der Waals surface area contributed by atoms with Gasteiger partial charge in [0.05, 0.1) is 5.84 Å². The number of nitrogens with one attached hydrogen (secondary N) is 1. The van der Waals surface area contributed by atoms with E-state index < -0.39 is 0 Å². The highest BCUT2D eigenvalue weighted by atomic mass is 79.9. The van der Waals surface area contributed by atoms with E-state index in [1.54, 1.807) is 0 Å². The largest absolute Gasteiger partial charge is 0.387 e. The van der Waals surface area contributed by atoms with E-state index in [-0.39, 0.29) is 11.7 Å². The van der Waals surface area contributed by atoms with Gasteiger partial charge in [-0.1, -0.05) is 40.2 Å². The first kappa shape index (κ1) is 19.4. The summed E-state index contributed by atoms with van der Waals surface area (Å²) in [6.45, 7) is 3.79. The number of carbonyl (C=O) groups excluding carboxylic acids is 1. The van der Waals surface area contributed by atoms with E-state index >= 15 is 0 Å². The molecule has 2 aromatic rings. The van der Waals surface area contributed by atoms with E-state index in [0.717, 1.165) is 58.2 Å². The molecule has 3 N–H and O–H groups in total. The van der Waals surface area contributed by atoms with Crippen LogP contribution in [0, 0.1) is 12.3 Å². The van der Waals surface area contributed by atoms with E-state index in [1.165, 1.54) is 0 Å². The van der Waals surface area contributed by atoms with Crippen LogP contribution >= 0.6 is 15.9 Å². The third-order valence-corrected chi connectivity index (χ3v) is 5.32. The average Bonchev–Trinajstić information content (AvgIpc) is 3.17. The number of benzene rings is 2. The van der Waals surface area contributed by atoms with Gasteiger partial charge in [0, 0.05) is 29.6 Å². The number of carbonyl (C=O) groups is 1. The van der Waals surface area contributed by atoms with E-state index in [2.05, 4.69) is 41.1 Å². The molecule has 2 aromatic carbocycles. The van der Waals surface area contributed by atoms with Crippen molar-refractivity contribution in [3.63, 3.8) is 0 Å². The van der Waals surface area contributed by atoms with Crippen LogP contribution in [-0.2, 0) is 0 Å². The Kier molecular flexibility index (Phi) is 6.11. The number of hydrogen-bond donors (Lipinski definition) is 2. The van der Waals surface area contributed by atoms with Gasteiger partial charge in [-0.05, 0) is 66.3 Å². The van der Waals surface area contributed by atoms with Crippen molar-refractivity contribution in [2.45, 2.75) is 26.2 Å². The summed E-state index contributed by atoms with van der Waals surface area (Å²) in [6, 6.07) is 14.1. The molecule has 1 amide bonds. The predicted octanol–water partition coefficient (Wildman–Crippen LogP) is 4.96. The second-order valence-corrected chi connectivity index (χ2v) is 7.96. The molecule has 0 atom stereocenters. The molecule has 5 heteroatoms. The predicted molar refractivity (Wildman–Crippen MR) is 115 cm³/mol. The number of hydrogen-bond acceptors (Lipinski definition) is 2. The van der Waals surface area contributed by atoms with Crippen LogP contribution in [0.3, 0.4) is 0 Å². The Morgan fingerprint density at radius 1 is 1.15 bits per heavy atom. The molecular formula is C22H24BrN3O. The van der Waals surface area contributed by atoms with Gasteiger partial charge in [-0.15, -0.1) is 0 Å². The van der Waals surface area contributed by atoms with Crippen molar-refractivity contribution in [1.82, 2.24) is 4.90 Å². The summed E-state index contributed by atoms with van der Waals surface area (Å²) >= 11 is 3.49. The fraction of sp³-hybridized carbons (Fsp3) is 0.273. The van der Waals surface area contributed by atoms with Gasteiger partial charge in [-0.3, -0.25) is 10.2 Å². The van der Waals surface area contributed by atoms with E-state index in [1.807, 2.05) is 35.2 Å². The Balaban J connectivity index is 1.83. The van der Waals surface area contributed by atoms with Gasteiger partial charge in [-0.25, -0.2) is 0 Å². The number of rotatable bonds is 5. The molecule has 0 saturated carbocycles. The van der Waals surface area contributed by atoms with Crippen LogP contribution < -0.4 is 5.73 Å². The first-order chi connectivity index (χ1) is 12.9. The van der Waals surface area contributed by atoms with Gasteiger partial charge in [0.25, 0.3) is 5.91 Å². The third-order valence-electron chi connectivity index (χ3n) is 4.81. The maximum absolute atomic E-state index is 12.5. The maximum Gasteiger partial charge on any atom is 0.253 e. The summed E-state index contributed by atoms with van der Waals surface area (Å²) in [4.78, 5) is 14.4. The number of amides is 1. The number of aryl methyl sites for hydroxylation is 1. The van der Waals surface area contributed by atoms with E-state index in [0.29, 0.717) is 6.42 Å². The summed E-state index contributed by atoms with van der Waals surface area (Å²) < 4.78 is 0.877. The van der Waals surface area contributed by atoms with Gasteiger partial charge in [0.15, 0.2) is 0 Å². The van der Waals surface area contributed by atoms with Gasteiger partial charge < -0.3 is 10.6 Å². The Morgan fingerprint density at radius 3 is 2.41 bits per heavy atom. The van der Waals surface area contributed by atoms with Crippen molar-refractivity contribution in [1.29, 1.82) is 5.41 Å². The molecule has 1 saturated heterocycles. The van der Waals surface area contributed by atoms with Crippen molar-refractivity contribution in [3.05, 3.63) is 63.6 Å². The number of nitrogens with two attached hydrogens (primary N) is 1. The topological polar surface area (TPSA) is 70.2 Å². The summed E-state index contributed by atoms with van der Waals surface area (Å²) in [6.07, 6.45) is 4.60. The first-order valence-electron chi connectivity index (χ1n) is 9.13. The normalized spacial score (nSPS) is 14.4. The minimum Gasteiger partial charge on any atom is -0.387 e. The lowest BCUT2D eigenvalue weighted by atomic mass is 9.98. The van der Waals surface area contributed by atoms with Crippen molar-refractivity contribution >= 4 is 33.7 Å². The summed E-state index contributed by atoms with van der Waals surface area (Å²) in [5.74, 6) is 0.255. The molecule has 1 aliphatic heterocycles. The fourth-order valence-electron chi connectivity index (χ4n) is 3.29. The molecule has 3 rings (SSSR count). The third kappa shape index (κ3) is 4.86. The zero-order valence-corrected chi connectivity index (χ0v) is 17.1. The average molecular weight is 426 g/mol. The molecule has 1 fully saturated rings. The summed E-state index contributed by atoms with van der Waals surface area (Å²) in [5.41, 5.74) is 10.6. The molecule has 0 bridgehead atoms. The number of halogens is 1. The molecule has 0 aliphatic carbocycles. The molecular weight excluding hydrogens is 402 g/mol. The fourth-order valence-corrected chi connectivity index (χ4v) is 3.83. The SMILES string of the molecule is Cc1ccc(-c2ccc(C(=O)N3CCCC3)cc2)cc1/C=C(/Br)CC(=N)N. The molecule has 1 heterocycles. The van der Waals surface area contributed by atoms with Crippen molar-refractivity contribution in [2.24, 2.45) is 5.73 Å². The Bertz CT molecular complexity index is 881. The van der Waals surface area contributed by atoms with Crippen LogP contribution in [0.2, 0.25) is 0 Å². The number of amidine groups is 1. The quantitative estimate of drug-likeness (QED) is 0.524. The van der Waals surface area contributed by atoms with Gasteiger partial charge in [0.2, 0.25) is 0 Å². The molecule has 1 aliphatic rings. The minimum absolute atomic E-state index is 0.125. The lowest BCUT2D eigenvalue weighted by Gasteiger charge is -2.15. The van der Waals surface area contributed by atoms with Gasteiger partial charge in [-0.2, -0.15) is 0 Å². The van der Waals surface area contributed by atoms with Gasteiger partial charge in [0.1, 0.15) is 0 Å². The zero-order valence-electron chi connectivity index (χ0n) is 15.5. The monoisotopic (exact) mass is 425 g/mol. The Hall–Kier alpha value is -2.40. The summed E-state index contributed by atoms with van der Waals surface area (Å²) in [5, 5.41) is 7.41. The van der Waals surface area contributed by atoms with E-state index in [9.17, 15) is 4.79 Å². The van der Waals surface area contributed by atoms with Crippen molar-refractivity contribution in [3.8, 4) is 11.1 Å². The highest BCUT2D eigenvalue weighted by Gasteiger charge is 2.19. The van der Waals surface area contributed by atoms with Crippen molar-refractivity contribution in [2.75, 3.05) is 13.1 Å². The lowest BCUT2D eigenvalue weighted by molar-refractivity contribution is 0.0793. The molecule has 27 heavy (non-hydrogen) atoms. The van der Waals surface area contributed by atoms with Gasteiger partial charge >= 0.3 is 0 Å². The molecule has 0 aromatic heterocycles. The smallest absolute Gasteiger partial charge is 0.253 e. The van der Waals surface area contributed by atoms with Crippen LogP contribution in [0.15, 0.2) is 46.9 Å². The second-order valence-electron chi connectivity index (χ2n) is 6.94. The summed E-state index contributed by atoms with van der Waals surface area (Å²) in [7, 11) is 0. The standard InChI is InChI=1S/C22H24BrN3O/c1-15-4-5-18(12-19(15)13-20(23)14-21(24)25)16-6-8-17(9-7-16)22(27)26-10-2-3-11-26/h4-9,12-13H,2-3,10-11,14H2,1H3,(H3,24,25)/b20-13+. The Morgan fingerprint density at radius 2 is 1.78 bits per heavy atom. The van der Waals surface area contributed by atoms with Crippen molar-refractivity contribution < 1.29 is 4.79 Å². The van der Waals surface area contributed by atoms with Crippen LogP contribution in [0.1, 0.15) is 40.7 Å². The Labute approximate surface area is 168 Å². The highest BCUT2D eigenvalue weighted by Crippen LogP contribution is 2.26. The molecule has 0 unspecified atom stereocenters. The molecule has 140 valence electrons. The number of likely N-dealkylation sites (tertiary alicyclic amines) is 1. The first-order valence-corrected chi connectivity index (χ1v) is 9.92. The van der Waals surface area contributed by atoms with Crippen LogP contribution in [0.25, 0.3) is 17.2 Å². The second kappa shape index (κ2) is 8.53. The maximum atomic E-state index is 12.5. The van der Waals surface area contributed by atoms with Crippen LogP contribution in [0.4, 0.5) is 0 Å². The van der Waals surface area contributed by atoms with Crippen LogP contribution in [0.5, 0.6) is 0 Å². The zero-order chi connectivity index (χ0) is 19.4. The lowest BCUT2D eigenvalue weighted by Crippen LogP contribution is -2.27. The van der Waals surface area contributed by atoms with E-state index in [4.69, 9.17) is 11.1 Å². The molecule has 0 spiro atoms. The minimum atomic E-state index is 0.125. The highest BCUT2D eigenvalue weighted by molar-refractivity contribution is 9.11. The molecule has 4 nitrogen and oxygen atoms in total.